The van der Waals surface area contributed by atoms with Gasteiger partial charge in [0.05, 0.1) is 32.8 Å². The molecule has 0 aromatic heterocycles. The molecular formula is C90H176N6O14S. The molecule has 0 aliphatic carbocycles. The first-order valence-corrected chi connectivity index (χ1v) is 46.5. The Hall–Kier alpha value is -3.47. The van der Waals surface area contributed by atoms with E-state index in [1.54, 1.807) is 0 Å². The van der Waals surface area contributed by atoms with Crippen LogP contribution in [0.4, 0.5) is 0 Å². The Bertz CT molecular complexity index is 2310. The number of hydrogen-bond donors (Lipinski definition) is 2. The number of rotatable bonds is 69. The van der Waals surface area contributed by atoms with Gasteiger partial charge in [0.2, 0.25) is 5.91 Å². The van der Waals surface area contributed by atoms with Gasteiger partial charge < -0.3 is 33.9 Å². The molecule has 0 rings (SSSR count). The van der Waals surface area contributed by atoms with Crippen LogP contribution in [0, 0.1) is 27.1 Å². The Morgan fingerprint density at radius 3 is 0.775 bits per heavy atom. The number of likely N-dealkylation sites (N-methyl/N-ethyl adjacent to an activating group) is 1. The number of amides is 1. The minimum atomic E-state index is -4.10. The third-order valence-electron chi connectivity index (χ3n) is 20.7. The average Bonchev–Trinajstić information content (AvgIpc) is 0.876. The molecule has 656 valence electrons. The van der Waals surface area contributed by atoms with Crippen molar-refractivity contribution in [2.24, 2.45) is 27.1 Å². The number of hydrogen-bond acceptors (Lipinski definition) is 18. The molecule has 0 radical (unpaired) electrons. The van der Waals surface area contributed by atoms with Crippen molar-refractivity contribution in [3.63, 3.8) is 0 Å². The molecule has 21 heteroatoms. The van der Waals surface area contributed by atoms with Crippen molar-refractivity contribution in [3.05, 3.63) is 0 Å². The zero-order valence-corrected chi connectivity index (χ0v) is 76.6. The predicted molar refractivity (Wildman–Crippen MR) is 459 cm³/mol. The minimum absolute atomic E-state index is 0.149. The maximum atomic E-state index is 14.2. The zero-order chi connectivity index (χ0) is 84.0. The topological polar surface area (TPSA) is 231 Å². The van der Waals surface area contributed by atoms with Crippen molar-refractivity contribution >= 4 is 45.9 Å². The van der Waals surface area contributed by atoms with Crippen molar-refractivity contribution < 1.29 is 65.4 Å². The van der Waals surface area contributed by atoms with Gasteiger partial charge >= 0.3 is 29.8 Å². The molecule has 0 fully saturated rings. The summed E-state index contributed by atoms with van der Waals surface area (Å²) >= 11 is 0. The first-order chi connectivity index (χ1) is 52.1. The van der Waals surface area contributed by atoms with Crippen LogP contribution in [0.5, 0.6) is 0 Å². The van der Waals surface area contributed by atoms with Gasteiger partial charge in [-0.15, -0.1) is 0 Å². The summed E-state index contributed by atoms with van der Waals surface area (Å²) in [7, 11) is -2.24. The summed E-state index contributed by atoms with van der Waals surface area (Å²) in [4.78, 5) is 96.3. The molecule has 2 N–H and O–H groups in total. The molecule has 0 bridgehead atoms. The highest BCUT2D eigenvalue weighted by Gasteiger charge is 2.35. The third-order valence-corrected chi connectivity index (χ3v) is 21.6. The summed E-state index contributed by atoms with van der Waals surface area (Å²) in [5.74, 6) is -1.80. The fraction of sp³-hybridized carbons (Fsp3) is 0.933. The summed E-state index contributed by atoms with van der Waals surface area (Å²) in [5, 5.41) is 3.10. The van der Waals surface area contributed by atoms with E-state index < -0.39 is 67.7 Å². The second kappa shape index (κ2) is 60.9. The SMILES string of the molecule is CCCCCCCCC(CN(CCC(=O)NCCN(C)CCCS(=O)(=O)O)CCN(CCN(CC(CCCCCCCC)OC(=O)C(C)(C)C)CC(CCCCCCCC)OC(=O)C(C)(C)C)CCN(CC(CCCCCCCC)OC(=O)C(C)(C)C)CC(CCCCCCCC)OC(=O)C(C)(C)C)OC(=O)C(C)(C)C. The maximum Gasteiger partial charge on any atom is 0.311 e. The van der Waals surface area contributed by atoms with Gasteiger partial charge in [-0.2, -0.15) is 8.42 Å². The van der Waals surface area contributed by atoms with Gasteiger partial charge in [0.25, 0.3) is 10.1 Å². The van der Waals surface area contributed by atoms with Crippen molar-refractivity contribution in [1.29, 1.82) is 0 Å². The van der Waals surface area contributed by atoms with Crippen LogP contribution in [0.1, 0.15) is 376 Å². The fourth-order valence-electron chi connectivity index (χ4n) is 13.1. The summed E-state index contributed by atoms with van der Waals surface area (Å²) in [6, 6.07) is 0. The van der Waals surface area contributed by atoms with Crippen LogP contribution in [0.15, 0.2) is 0 Å². The third kappa shape index (κ3) is 59.8. The smallest absolute Gasteiger partial charge is 0.311 e. The highest BCUT2D eigenvalue weighted by atomic mass is 32.2. The quantitative estimate of drug-likeness (QED) is 0.0249. The van der Waals surface area contributed by atoms with Gasteiger partial charge in [0, 0.05) is 98.0 Å². The summed E-state index contributed by atoms with van der Waals surface area (Å²) in [5.41, 5.74) is -3.74. The molecule has 5 atom stereocenters. The number of carbonyl (C=O) groups excluding carboxylic acids is 6. The predicted octanol–water partition coefficient (Wildman–Crippen LogP) is 19.5. The number of nitrogens with one attached hydrogen (secondary N) is 1. The first-order valence-electron chi connectivity index (χ1n) is 44.9. The van der Waals surface area contributed by atoms with E-state index in [0.29, 0.717) is 130 Å². The Kier molecular flexibility index (Phi) is 59.0. The van der Waals surface area contributed by atoms with Crippen LogP contribution in [0.2, 0.25) is 0 Å². The number of esters is 5. The lowest BCUT2D eigenvalue weighted by atomic mass is 9.97. The van der Waals surface area contributed by atoms with Crippen LogP contribution >= 0.6 is 0 Å². The summed E-state index contributed by atoms with van der Waals surface area (Å²) in [6.07, 6.45) is 34.0. The van der Waals surface area contributed by atoms with E-state index in [0.717, 1.165) is 161 Å². The molecule has 0 spiro atoms. The van der Waals surface area contributed by atoms with E-state index in [4.69, 9.17) is 23.7 Å². The van der Waals surface area contributed by atoms with Crippen molar-refractivity contribution in [3.8, 4) is 0 Å². The number of nitrogens with zero attached hydrogens (tertiary/aromatic N) is 5. The highest BCUT2D eigenvalue weighted by molar-refractivity contribution is 7.85. The fourth-order valence-corrected chi connectivity index (χ4v) is 13.6. The molecule has 1 amide bonds. The maximum absolute atomic E-state index is 14.2. The van der Waals surface area contributed by atoms with Gasteiger partial charge in [0.1, 0.15) is 30.5 Å². The summed E-state index contributed by atoms with van der Waals surface area (Å²) in [6.45, 7) is 46.4. The van der Waals surface area contributed by atoms with Gasteiger partial charge in [-0.25, -0.2) is 0 Å². The van der Waals surface area contributed by atoms with E-state index in [1.165, 1.54) is 32.1 Å². The van der Waals surface area contributed by atoms with Crippen LogP contribution in [0.3, 0.4) is 0 Å². The van der Waals surface area contributed by atoms with E-state index in [9.17, 15) is 41.7 Å². The number of unbranched alkanes of at least 4 members (excludes halogenated alkanes) is 25. The monoisotopic (exact) mass is 1600 g/mol. The molecule has 0 heterocycles. The van der Waals surface area contributed by atoms with E-state index in [2.05, 4.69) is 59.5 Å². The first kappa shape index (κ1) is 108. The largest absolute Gasteiger partial charge is 0.461 e. The second-order valence-electron chi connectivity index (χ2n) is 37.9. The van der Waals surface area contributed by atoms with E-state index >= 15 is 0 Å². The Morgan fingerprint density at radius 1 is 0.306 bits per heavy atom. The molecule has 0 aliphatic rings. The lowest BCUT2D eigenvalue weighted by Crippen LogP contribution is -2.49. The molecule has 0 saturated carbocycles. The molecular weight excluding hydrogens is 1420 g/mol. The molecule has 0 aliphatic heterocycles. The Labute approximate surface area is 682 Å². The van der Waals surface area contributed by atoms with Crippen molar-refractivity contribution in [2.75, 3.05) is 111 Å². The van der Waals surface area contributed by atoms with Crippen LogP contribution in [-0.2, 0) is 62.6 Å². The Morgan fingerprint density at radius 2 is 0.532 bits per heavy atom. The van der Waals surface area contributed by atoms with E-state index in [-0.39, 0.29) is 54.3 Å². The van der Waals surface area contributed by atoms with Gasteiger partial charge in [0.15, 0.2) is 0 Å². The second-order valence-corrected chi connectivity index (χ2v) is 39.4. The number of carbonyl (C=O) groups is 6. The van der Waals surface area contributed by atoms with Crippen LogP contribution < -0.4 is 5.32 Å². The van der Waals surface area contributed by atoms with Gasteiger partial charge in [-0.05, 0) is 188 Å². The minimum Gasteiger partial charge on any atom is -0.461 e. The molecule has 20 nitrogen and oxygen atoms in total. The Balaban J connectivity index is 8.91. The lowest BCUT2D eigenvalue weighted by molar-refractivity contribution is -0.163. The number of ether oxygens (including phenoxy) is 5. The van der Waals surface area contributed by atoms with E-state index in [1.807, 2.05) is 116 Å². The zero-order valence-electron chi connectivity index (χ0n) is 75.8. The van der Waals surface area contributed by atoms with Crippen LogP contribution in [0.25, 0.3) is 0 Å². The average molecular weight is 1600 g/mol. The molecule has 0 aromatic carbocycles. The van der Waals surface area contributed by atoms with Crippen molar-refractivity contribution in [1.82, 2.24) is 29.8 Å². The molecule has 0 aromatic rings. The van der Waals surface area contributed by atoms with Gasteiger partial charge in [-0.3, -0.25) is 52.9 Å². The van der Waals surface area contributed by atoms with Gasteiger partial charge in [-0.1, -0.05) is 195 Å². The molecule has 0 saturated heterocycles. The molecule has 111 heavy (non-hydrogen) atoms. The van der Waals surface area contributed by atoms with Crippen molar-refractivity contribution in [2.45, 2.75) is 407 Å². The highest BCUT2D eigenvalue weighted by Crippen LogP contribution is 2.27. The standard InChI is InChI=1S/C90H176N6O14S/c1-22-27-32-37-42-47-53-75(106-81(98)86(6,7)8)70-94(61-58-80(97)91-59-62-92(21)60-52-69-111(103,104)105)66-63-93(64-67-95(71-76(107-82(99)87(9,10)11)54-48-43-38-33-28-23-2)72-77(108-83(100)88(12,13)14)55-49-44-39-34-29-24-3)65-68-96(73-78(109-84(101)89(15,16)17)56-50-45-40-35-30-25-4)74-79(110-85(102)90(18,19)20)57-51-46-41-36-31-26-5/h75-79H,22-74H2,1-21H3,(H,91,97)(H,103,104,105). The summed E-state index contributed by atoms with van der Waals surface area (Å²) < 4.78 is 65.4. The molecule has 5 unspecified atom stereocenters. The van der Waals surface area contributed by atoms with Crippen LogP contribution in [-0.4, -0.2) is 215 Å². The normalized spacial score (nSPS) is 14.1. The lowest BCUT2D eigenvalue weighted by Gasteiger charge is -2.36.